The average molecular weight is 198 g/mol. The van der Waals surface area contributed by atoms with Crippen molar-refractivity contribution in [2.45, 2.75) is 12.5 Å². The van der Waals surface area contributed by atoms with Crippen LogP contribution in [0.15, 0.2) is 18.2 Å². The van der Waals surface area contributed by atoms with Gasteiger partial charge in [0, 0.05) is 16.3 Å². The zero-order chi connectivity index (χ0) is 9.64. The van der Waals surface area contributed by atoms with E-state index < -0.39 is 11.5 Å². The average Bonchev–Trinajstić information content (AvgIpc) is 2.23. The van der Waals surface area contributed by atoms with Crippen LogP contribution >= 0.6 is 11.6 Å². The molecule has 1 unspecified atom stereocenters. The Hall–Kier alpha value is -1.06. The first-order valence-electron chi connectivity index (χ1n) is 3.85. The first-order valence-corrected chi connectivity index (χ1v) is 4.23. The van der Waals surface area contributed by atoms with Crippen molar-refractivity contribution in [2.24, 2.45) is 0 Å². The third-order valence-electron chi connectivity index (χ3n) is 2.20. The summed E-state index contributed by atoms with van der Waals surface area (Å²) in [7, 11) is 0. The van der Waals surface area contributed by atoms with Crippen LogP contribution in [0.1, 0.15) is 12.5 Å². The third-order valence-corrected chi connectivity index (χ3v) is 2.43. The van der Waals surface area contributed by atoms with Crippen molar-refractivity contribution in [3.63, 3.8) is 0 Å². The van der Waals surface area contributed by atoms with Gasteiger partial charge in [-0.25, -0.2) is 0 Å². The molecule has 4 heteroatoms. The van der Waals surface area contributed by atoms with Crippen molar-refractivity contribution >= 4 is 23.2 Å². The molecular formula is C9H8ClNO2. The molecule has 0 saturated carbocycles. The van der Waals surface area contributed by atoms with Crippen LogP contribution in [0.2, 0.25) is 5.02 Å². The van der Waals surface area contributed by atoms with Crippen molar-refractivity contribution in [2.75, 3.05) is 5.32 Å². The van der Waals surface area contributed by atoms with Crippen molar-refractivity contribution in [3.05, 3.63) is 28.8 Å². The Morgan fingerprint density at radius 1 is 1.54 bits per heavy atom. The standard InChI is InChI=1S/C9H8ClNO2/c1-9(13)6-3-2-5(10)4-7(6)11-8(9)12/h2-4,13H,1H3,(H,11,12). The van der Waals surface area contributed by atoms with E-state index in [1.54, 1.807) is 18.2 Å². The highest BCUT2D eigenvalue weighted by Gasteiger charge is 2.40. The molecule has 0 bridgehead atoms. The molecule has 68 valence electrons. The van der Waals surface area contributed by atoms with Gasteiger partial charge < -0.3 is 10.4 Å². The van der Waals surface area contributed by atoms with Gasteiger partial charge in [-0.3, -0.25) is 4.79 Å². The van der Waals surface area contributed by atoms with Gasteiger partial charge in [0.25, 0.3) is 5.91 Å². The van der Waals surface area contributed by atoms with Crippen molar-refractivity contribution in [3.8, 4) is 0 Å². The fourth-order valence-corrected chi connectivity index (χ4v) is 1.58. The van der Waals surface area contributed by atoms with Crippen molar-refractivity contribution < 1.29 is 9.90 Å². The van der Waals surface area contributed by atoms with Gasteiger partial charge in [0.05, 0.1) is 0 Å². The number of benzene rings is 1. The minimum atomic E-state index is -1.43. The van der Waals surface area contributed by atoms with E-state index in [1.165, 1.54) is 6.92 Å². The van der Waals surface area contributed by atoms with Crippen molar-refractivity contribution in [1.82, 2.24) is 0 Å². The van der Waals surface area contributed by atoms with Gasteiger partial charge >= 0.3 is 0 Å². The lowest BCUT2D eigenvalue weighted by Gasteiger charge is -2.13. The number of fused-ring (bicyclic) bond motifs is 1. The van der Waals surface area contributed by atoms with Crippen LogP contribution in [-0.4, -0.2) is 11.0 Å². The SMILES string of the molecule is CC1(O)C(=O)Nc2cc(Cl)ccc21. The highest BCUT2D eigenvalue weighted by atomic mass is 35.5. The molecule has 0 spiro atoms. The van der Waals surface area contributed by atoms with E-state index in [0.29, 0.717) is 16.3 Å². The summed E-state index contributed by atoms with van der Waals surface area (Å²) in [6.07, 6.45) is 0. The van der Waals surface area contributed by atoms with E-state index in [9.17, 15) is 9.90 Å². The van der Waals surface area contributed by atoms with Gasteiger partial charge in [-0.15, -0.1) is 0 Å². The number of halogens is 1. The van der Waals surface area contributed by atoms with Crippen LogP contribution in [0.25, 0.3) is 0 Å². The minimum absolute atomic E-state index is 0.412. The van der Waals surface area contributed by atoms with E-state index in [1.807, 2.05) is 0 Å². The van der Waals surface area contributed by atoms with Gasteiger partial charge in [-0.05, 0) is 19.1 Å². The minimum Gasteiger partial charge on any atom is -0.375 e. The predicted octanol–water partition coefficient (Wildman–Crippen LogP) is 1.50. The third kappa shape index (κ3) is 1.12. The highest BCUT2D eigenvalue weighted by molar-refractivity contribution is 6.31. The quantitative estimate of drug-likeness (QED) is 0.662. The molecule has 1 heterocycles. The topological polar surface area (TPSA) is 49.3 Å². The van der Waals surface area contributed by atoms with E-state index in [0.717, 1.165) is 0 Å². The van der Waals surface area contributed by atoms with Gasteiger partial charge in [0.15, 0.2) is 5.60 Å². The van der Waals surface area contributed by atoms with Gasteiger partial charge in [-0.1, -0.05) is 17.7 Å². The maximum atomic E-state index is 11.3. The largest absolute Gasteiger partial charge is 0.375 e. The summed E-state index contributed by atoms with van der Waals surface area (Å²) in [5, 5.41) is 12.8. The molecule has 0 saturated heterocycles. The van der Waals surface area contributed by atoms with Crippen LogP contribution in [0.5, 0.6) is 0 Å². The van der Waals surface area contributed by atoms with E-state index >= 15 is 0 Å². The molecule has 0 radical (unpaired) electrons. The Bertz CT molecular complexity index is 387. The number of anilines is 1. The molecule has 0 fully saturated rings. The Kier molecular flexibility index (Phi) is 1.62. The number of aliphatic hydroxyl groups is 1. The molecule has 2 N–H and O–H groups in total. The molecule has 2 rings (SSSR count). The molecule has 3 nitrogen and oxygen atoms in total. The maximum Gasteiger partial charge on any atom is 0.260 e. The summed E-state index contributed by atoms with van der Waals surface area (Å²) in [6.45, 7) is 1.46. The summed E-state index contributed by atoms with van der Waals surface area (Å²) in [5.74, 6) is -0.412. The highest BCUT2D eigenvalue weighted by Crippen LogP contribution is 2.36. The molecule has 0 aromatic heterocycles. The smallest absolute Gasteiger partial charge is 0.260 e. The number of carbonyl (C=O) groups excluding carboxylic acids is 1. The van der Waals surface area contributed by atoms with Crippen LogP contribution in [0, 0.1) is 0 Å². The zero-order valence-corrected chi connectivity index (χ0v) is 7.72. The van der Waals surface area contributed by atoms with Crippen LogP contribution < -0.4 is 5.32 Å². The van der Waals surface area contributed by atoms with Crippen LogP contribution in [0.4, 0.5) is 5.69 Å². The Labute approximate surface area is 80.3 Å². The molecule has 1 aliphatic heterocycles. The summed E-state index contributed by atoms with van der Waals surface area (Å²) in [6, 6.07) is 4.92. The maximum absolute atomic E-state index is 11.3. The second-order valence-electron chi connectivity index (χ2n) is 3.22. The fourth-order valence-electron chi connectivity index (χ4n) is 1.41. The lowest BCUT2D eigenvalue weighted by atomic mass is 9.98. The molecule has 13 heavy (non-hydrogen) atoms. The lowest BCUT2D eigenvalue weighted by molar-refractivity contribution is -0.131. The van der Waals surface area contributed by atoms with E-state index in [4.69, 9.17) is 11.6 Å². The number of carbonyl (C=O) groups is 1. The molecule has 1 aliphatic rings. The lowest BCUT2D eigenvalue weighted by Crippen LogP contribution is -2.30. The summed E-state index contributed by atoms with van der Waals surface area (Å²) < 4.78 is 0. The number of amides is 1. The second-order valence-corrected chi connectivity index (χ2v) is 3.65. The zero-order valence-electron chi connectivity index (χ0n) is 6.97. The summed E-state index contributed by atoms with van der Waals surface area (Å²) in [4.78, 5) is 11.3. The Balaban J connectivity index is 2.62. The first-order chi connectivity index (χ1) is 6.01. The van der Waals surface area contributed by atoms with Crippen molar-refractivity contribution in [1.29, 1.82) is 0 Å². The van der Waals surface area contributed by atoms with E-state index in [2.05, 4.69) is 5.32 Å². The Morgan fingerprint density at radius 3 is 2.92 bits per heavy atom. The molecule has 1 amide bonds. The predicted molar refractivity (Wildman–Crippen MR) is 49.7 cm³/mol. The molecule has 0 aliphatic carbocycles. The van der Waals surface area contributed by atoms with Gasteiger partial charge in [0.1, 0.15) is 0 Å². The Morgan fingerprint density at radius 2 is 2.23 bits per heavy atom. The molecule has 1 aromatic rings. The summed E-state index contributed by atoms with van der Waals surface area (Å²) in [5.41, 5.74) is -0.274. The second kappa shape index (κ2) is 2.47. The monoisotopic (exact) mass is 197 g/mol. The van der Waals surface area contributed by atoms with Gasteiger partial charge in [0.2, 0.25) is 0 Å². The number of rotatable bonds is 0. The molecule has 1 atom stereocenters. The summed E-state index contributed by atoms with van der Waals surface area (Å²) >= 11 is 5.73. The number of hydrogen-bond acceptors (Lipinski definition) is 2. The van der Waals surface area contributed by atoms with Crippen LogP contribution in [0.3, 0.4) is 0 Å². The normalized spacial score (nSPS) is 25.6. The number of nitrogens with one attached hydrogen (secondary N) is 1. The van der Waals surface area contributed by atoms with E-state index in [-0.39, 0.29) is 0 Å². The fraction of sp³-hybridized carbons (Fsp3) is 0.222. The number of hydrogen-bond donors (Lipinski definition) is 2. The van der Waals surface area contributed by atoms with Gasteiger partial charge in [-0.2, -0.15) is 0 Å². The van der Waals surface area contributed by atoms with Crippen LogP contribution in [-0.2, 0) is 10.4 Å². The molecule has 1 aromatic carbocycles. The first kappa shape index (κ1) is 8.53. The molecular weight excluding hydrogens is 190 g/mol.